The molecule has 1 N–H and O–H groups in total. The van der Waals surface area contributed by atoms with Crippen LogP contribution in [-0.4, -0.2) is 29.9 Å². The Balaban J connectivity index is 1.63. The second-order valence-electron chi connectivity index (χ2n) is 5.98. The summed E-state index contributed by atoms with van der Waals surface area (Å²) in [4.78, 5) is 30.1. The Morgan fingerprint density at radius 2 is 2.15 bits per heavy atom. The second-order valence-corrected chi connectivity index (χ2v) is 5.98. The number of carbonyl (C=O) groups excluding carboxylic acids is 2. The van der Waals surface area contributed by atoms with Gasteiger partial charge in [-0.05, 0) is 25.1 Å². The van der Waals surface area contributed by atoms with Crippen LogP contribution in [0.25, 0.3) is 0 Å². The average molecular weight is 357 g/mol. The molecule has 26 heavy (non-hydrogen) atoms. The zero-order valence-electron chi connectivity index (χ0n) is 14.4. The van der Waals surface area contributed by atoms with E-state index in [9.17, 15) is 14.0 Å². The van der Waals surface area contributed by atoms with Crippen molar-refractivity contribution in [1.82, 2.24) is 10.3 Å². The minimum absolute atomic E-state index is 0.0610. The predicted octanol–water partition coefficient (Wildman–Crippen LogP) is 2.29. The van der Waals surface area contributed by atoms with Gasteiger partial charge >= 0.3 is 0 Å². The molecule has 0 saturated carbocycles. The predicted molar refractivity (Wildman–Crippen MR) is 94.1 cm³/mol. The topological polar surface area (TPSA) is 71.5 Å². The quantitative estimate of drug-likeness (QED) is 0.861. The fraction of sp³-hybridized carbons (Fsp3) is 0.316. The van der Waals surface area contributed by atoms with Crippen LogP contribution in [0, 0.1) is 11.7 Å². The Kier molecular flexibility index (Phi) is 5.46. The molecule has 2 amide bonds. The molecule has 6 nitrogen and oxygen atoms in total. The van der Waals surface area contributed by atoms with E-state index >= 15 is 0 Å². The second kappa shape index (κ2) is 7.95. The largest absolute Gasteiger partial charge is 0.478 e. The van der Waals surface area contributed by atoms with E-state index in [-0.39, 0.29) is 37.0 Å². The van der Waals surface area contributed by atoms with Crippen molar-refractivity contribution < 1.29 is 18.7 Å². The lowest BCUT2D eigenvalue weighted by atomic mass is 10.1. The Morgan fingerprint density at radius 1 is 1.35 bits per heavy atom. The van der Waals surface area contributed by atoms with Crippen LogP contribution < -0.4 is 15.0 Å². The van der Waals surface area contributed by atoms with Crippen molar-refractivity contribution in [3.8, 4) is 5.88 Å². The van der Waals surface area contributed by atoms with Gasteiger partial charge in [-0.15, -0.1) is 0 Å². The van der Waals surface area contributed by atoms with Crippen molar-refractivity contribution in [2.75, 3.05) is 18.1 Å². The molecule has 1 unspecified atom stereocenters. The van der Waals surface area contributed by atoms with Gasteiger partial charge in [0.1, 0.15) is 5.82 Å². The summed E-state index contributed by atoms with van der Waals surface area (Å²) in [5.41, 5.74) is 0.969. The number of anilines is 1. The standard InChI is InChI=1S/C19H20FN3O3/c1-2-26-19-13(6-5-9-21-19)11-22-18(25)14-10-17(24)23(12-14)16-8-4-3-7-15(16)20/h3-9,14H,2,10-12H2,1H3,(H,22,25). The van der Waals surface area contributed by atoms with Crippen molar-refractivity contribution in [2.45, 2.75) is 19.9 Å². The molecule has 1 saturated heterocycles. The Morgan fingerprint density at radius 3 is 2.92 bits per heavy atom. The first-order chi connectivity index (χ1) is 12.6. The van der Waals surface area contributed by atoms with Gasteiger partial charge in [0.2, 0.25) is 17.7 Å². The number of hydrogen-bond acceptors (Lipinski definition) is 4. The zero-order chi connectivity index (χ0) is 18.5. The number of nitrogens with zero attached hydrogens (tertiary/aromatic N) is 2. The van der Waals surface area contributed by atoms with Crippen LogP contribution in [0.1, 0.15) is 18.9 Å². The molecule has 1 fully saturated rings. The molecule has 0 spiro atoms. The van der Waals surface area contributed by atoms with Crippen LogP contribution in [0.4, 0.5) is 10.1 Å². The van der Waals surface area contributed by atoms with Gasteiger partial charge in [0.15, 0.2) is 0 Å². The van der Waals surface area contributed by atoms with E-state index in [0.29, 0.717) is 12.5 Å². The number of halogens is 1. The Labute approximate surface area is 151 Å². The summed E-state index contributed by atoms with van der Waals surface area (Å²) in [6.45, 7) is 2.76. The smallest absolute Gasteiger partial charge is 0.227 e. The summed E-state index contributed by atoms with van der Waals surface area (Å²) in [6, 6.07) is 9.65. The molecular formula is C19H20FN3O3. The van der Waals surface area contributed by atoms with Gasteiger partial charge in [-0.2, -0.15) is 0 Å². The minimum Gasteiger partial charge on any atom is -0.478 e. The van der Waals surface area contributed by atoms with Crippen molar-refractivity contribution in [3.63, 3.8) is 0 Å². The summed E-state index contributed by atoms with van der Waals surface area (Å²) >= 11 is 0. The molecule has 2 heterocycles. The number of nitrogens with one attached hydrogen (secondary N) is 1. The third-order valence-corrected chi connectivity index (χ3v) is 4.22. The van der Waals surface area contributed by atoms with E-state index in [2.05, 4.69) is 10.3 Å². The van der Waals surface area contributed by atoms with Gasteiger partial charge in [-0.1, -0.05) is 18.2 Å². The lowest BCUT2D eigenvalue weighted by Gasteiger charge is -2.17. The monoisotopic (exact) mass is 357 g/mol. The lowest BCUT2D eigenvalue weighted by Crippen LogP contribution is -2.33. The van der Waals surface area contributed by atoms with E-state index < -0.39 is 11.7 Å². The first kappa shape index (κ1) is 17.8. The van der Waals surface area contributed by atoms with E-state index in [1.54, 1.807) is 24.4 Å². The first-order valence-electron chi connectivity index (χ1n) is 8.49. The van der Waals surface area contributed by atoms with E-state index in [1.165, 1.54) is 17.0 Å². The average Bonchev–Trinajstić information content (AvgIpc) is 3.03. The number of carbonyl (C=O) groups is 2. The summed E-state index contributed by atoms with van der Waals surface area (Å²) in [7, 11) is 0. The minimum atomic E-state index is -0.519. The maximum atomic E-state index is 13.9. The number of hydrogen-bond donors (Lipinski definition) is 1. The van der Waals surface area contributed by atoms with Gasteiger partial charge in [0, 0.05) is 31.3 Å². The van der Waals surface area contributed by atoms with Gasteiger partial charge in [0.25, 0.3) is 0 Å². The molecule has 136 valence electrons. The van der Waals surface area contributed by atoms with Gasteiger partial charge in [-0.3, -0.25) is 9.59 Å². The SMILES string of the molecule is CCOc1ncccc1CNC(=O)C1CC(=O)N(c2ccccc2F)C1. The molecule has 7 heteroatoms. The van der Waals surface area contributed by atoms with Crippen LogP contribution in [-0.2, 0) is 16.1 Å². The Hall–Kier alpha value is -2.96. The van der Waals surface area contributed by atoms with Gasteiger partial charge < -0.3 is 15.0 Å². The molecule has 0 aliphatic carbocycles. The van der Waals surface area contributed by atoms with Gasteiger partial charge in [0.05, 0.1) is 18.2 Å². The van der Waals surface area contributed by atoms with Crippen LogP contribution in [0.3, 0.4) is 0 Å². The van der Waals surface area contributed by atoms with E-state index in [1.807, 2.05) is 13.0 Å². The molecule has 0 bridgehead atoms. The lowest BCUT2D eigenvalue weighted by molar-refractivity contribution is -0.126. The maximum absolute atomic E-state index is 13.9. The highest BCUT2D eigenvalue weighted by Crippen LogP contribution is 2.27. The fourth-order valence-electron chi connectivity index (χ4n) is 2.94. The molecule has 1 atom stereocenters. The third-order valence-electron chi connectivity index (χ3n) is 4.22. The molecule has 2 aromatic rings. The van der Waals surface area contributed by atoms with Crippen LogP contribution in [0.15, 0.2) is 42.6 Å². The van der Waals surface area contributed by atoms with E-state index in [4.69, 9.17) is 4.74 Å². The van der Waals surface area contributed by atoms with Crippen LogP contribution >= 0.6 is 0 Å². The Bertz CT molecular complexity index is 812. The normalized spacial score (nSPS) is 16.6. The van der Waals surface area contributed by atoms with Gasteiger partial charge in [-0.25, -0.2) is 9.37 Å². The number of ether oxygens (including phenoxy) is 1. The molecule has 1 aromatic carbocycles. The van der Waals surface area contributed by atoms with Crippen molar-refractivity contribution in [3.05, 3.63) is 54.0 Å². The zero-order valence-corrected chi connectivity index (χ0v) is 14.4. The summed E-state index contributed by atoms with van der Waals surface area (Å²) in [5, 5.41) is 2.82. The number of benzene rings is 1. The van der Waals surface area contributed by atoms with Crippen molar-refractivity contribution >= 4 is 17.5 Å². The molecule has 0 radical (unpaired) electrons. The highest BCUT2D eigenvalue weighted by atomic mass is 19.1. The highest BCUT2D eigenvalue weighted by Gasteiger charge is 2.36. The molecular weight excluding hydrogens is 337 g/mol. The first-order valence-corrected chi connectivity index (χ1v) is 8.49. The fourth-order valence-corrected chi connectivity index (χ4v) is 2.94. The number of para-hydroxylation sites is 1. The van der Waals surface area contributed by atoms with Crippen molar-refractivity contribution in [1.29, 1.82) is 0 Å². The number of amides is 2. The van der Waals surface area contributed by atoms with Crippen molar-refractivity contribution in [2.24, 2.45) is 5.92 Å². The van der Waals surface area contributed by atoms with E-state index in [0.717, 1.165) is 5.56 Å². The molecule has 1 aliphatic rings. The molecule has 1 aromatic heterocycles. The summed E-state index contributed by atoms with van der Waals surface area (Å²) in [6.07, 6.45) is 1.68. The summed E-state index contributed by atoms with van der Waals surface area (Å²) in [5.74, 6) is -1.02. The molecule has 3 rings (SSSR count). The number of pyridine rings is 1. The van der Waals surface area contributed by atoms with Crippen LogP contribution in [0.5, 0.6) is 5.88 Å². The third kappa shape index (κ3) is 3.82. The maximum Gasteiger partial charge on any atom is 0.227 e. The number of aromatic nitrogens is 1. The molecule has 1 aliphatic heterocycles. The number of rotatable bonds is 6. The highest BCUT2D eigenvalue weighted by molar-refractivity contribution is 6.00. The summed E-state index contributed by atoms with van der Waals surface area (Å²) < 4.78 is 19.3. The van der Waals surface area contributed by atoms with Crippen LogP contribution in [0.2, 0.25) is 0 Å².